The van der Waals surface area contributed by atoms with Crippen LogP contribution in [-0.4, -0.2) is 18.5 Å². The van der Waals surface area contributed by atoms with Gasteiger partial charge in [-0.3, -0.25) is 4.90 Å². The van der Waals surface area contributed by atoms with E-state index in [1.54, 1.807) is 18.4 Å². The van der Waals surface area contributed by atoms with Gasteiger partial charge in [0.2, 0.25) is 0 Å². The molecule has 1 heterocycles. The number of hydrogen-bond donors (Lipinski definition) is 1. The third-order valence-electron chi connectivity index (χ3n) is 3.05. The van der Waals surface area contributed by atoms with Gasteiger partial charge in [0.15, 0.2) is 0 Å². The Morgan fingerprint density at radius 3 is 2.53 bits per heavy atom. The summed E-state index contributed by atoms with van der Waals surface area (Å²) in [4.78, 5) is 2.08. The molecule has 2 rings (SSSR count). The predicted octanol–water partition coefficient (Wildman–Crippen LogP) is 3.31. The third-order valence-corrected chi connectivity index (χ3v) is 3.70. The van der Waals surface area contributed by atoms with Gasteiger partial charge in [-0.1, -0.05) is 12.1 Å². The van der Waals surface area contributed by atoms with E-state index in [2.05, 4.69) is 20.8 Å². The zero-order valence-corrected chi connectivity index (χ0v) is 12.2. The van der Waals surface area contributed by atoms with Crippen molar-refractivity contribution >= 4 is 15.9 Å². The van der Waals surface area contributed by atoms with Crippen LogP contribution in [0, 0.1) is 5.82 Å². The number of furan rings is 1. The van der Waals surface area contributed by atoms with E-state index in [-0.39, 0.29) is 11.9 Å². The maximum atomic E-state index is 12.9. The smallest absolute Gasteiger partial charge is 0.136 e. The van der Waals surface area contributed by atoms with Crippen molar-refractivity contribution in [1.29, 1.82) is 0 Å². The van der Waals surface area contributed by atoms with Crippen LogP contribution in [0.4, 0.5) is 4.39 Å². The summed E-state index contributed by atoms with van der Waals surface area (Å²) in [5, 5.41) is 0. The molecule has 2 aromatic rings. The van der Waals surface area contributed by atoms with Crippen molar-refractivity contribution in [3.05, 3.63) is 58.2 Å². The molecule has 0 bridgehead atoms. The monoisotopic (exact) mass is 326 g/mol. The van der Waals surface area contributed by atoms with Crippen molar-refractivity contribution in [2.75, 3.05) is 13.6 Å². The first-order chi connectivity index (χ1) is 9.11. The normalized spacial score (nSPS) is 12.9. The molecule has 3 nitrogen and oxygen atoms in total. The van der Waals surface area contributed by atoms with Crippen molar-refractivity contribution in [3.8, 4) is 0 Å². The number of nitrogens with two attached hydrogens (primary N) is 1. The van der Waals surface area contributed by atoms with Gasteiger partial charge in [0.05, 0.1) is 16.8 Å². The van der Waals surface area contributed by atoms with E-state index < -0.39 is 0 Å². The standard InChI is InChI=1S/C14H16BrFN2O/c1-18(9-10-2-4-11(16)5-3-10)13(8-17)14-12(15)6-7-19-14/h2-7,13H,8-9,17H2,1H3. The van der Waals surface area contributed by atoms with E-state index >= 15 is 0 Å². The number of hydrogen-bond acceptors (Lipinski definition) is 3. The molecule has 2 N–H and O–H groups in total. The summed E-state index contributed by atoms with van der Waals surface area (Å²) in [7, 11) is 1.97. The Morgan fingerprint density at radius 2 is 2.00 bits per heavy atom. The number of likely N-dealkylation sites (N-methyl/N-ethyl adjacent to an activating group) is 1. The van der Waals surface area contributed by atoms with Crippen LogP contribution in [0.15, 0.2) is 45.5 Å². The van der Waals surface area contributed by atoms with E-state index in [1.807, 2.05) is 13.1 Å². The van der Waals surface area contributed by atoms with Crippen LogP contribution < -0.4 is 5.73 Å². The first kappa shape index (κ1) is 14.2. The minimum atomic E-state index is -0.226. The Labute approximate surface area is 120 Å². The lowest BCUT2D eigenvalue weighted by molar-refractivity contribution is 0.212. The van der Waals surface area contributed by atoms with E-state index in [1.165, 1.54) is 12.1 Å². The highest BCUT2D eigenvalue weighted by molar-refractivity contribution is 9.10. The van der Waals surface area contributed by atoms with Gasteiger partial charge >= 0.3 is 0 Å². The van der Waals surface area contributed by atoms with Gasteiger partial charge in [-0.2, -0.15) is 0 Å². The molecule has 5 heteroatoms. The SMILES string of the molecule is CN(Cc1ccc(F)cc1)C(CN)c1occc1Br. The molecule has 0 radical (unpaired) electrons. The van der Waals surface area contributed by atoms with E-state index in [0.717, 1.165) is 15.8 Å². The van der Waals surface area contributed by atoms with Crippen LogP contribution in [0.5, 0.6) is 0 Å². The molecule has 1 aromatic carbocycles. The van der Waals surface area contributed by atoms with Gasteiger partial charge in [0.25, 0.3) is 0 Å². The zero-order valence-electron chi connectivity index (χ0n) is 10.6. The molecule has 1 unspecified atom stereocenters. The topological polar surface area (TPSA) is 42.4 Å². The van der Waals surface area contributed by atoms with E-state index in [4.69, 9.17) is 10.2 Å². The Kier molecular flexibility index (Phi) is 4.74. The Morgan fingerprint density at radius 1 is 1.32 bits per heavy atom. The molecule has 0 aliphatic carbocycles. The lowest BCUT2D eigenvalue weighted by atomic mass is 10.1. The van der Waals surface area contributed by atoms with Crippen LogP contribution in [0.2, 0.25) is 0 Å². The lowest BCUT2D eigenvalue weighted by Crippen LogP contribution is -2.30. The Balaban J connectivity index is 2.11. The zero-order chi connectivity index (χ0) is 13.8. The van der Waals surface area contributed by atoms with Gasteiger partial charge in [0, 0.05) is 13.1 Å². The van der Waals surface area contributed by atoms with E-state index in [0.29, 0.717) is 13.1 Å². The van der Waals surface area contributed by atoms with Crippen LogP contribution in [0.1, 0.15) is 17.4 Å². The van der Waals surface area contributed by atoms with Gasteiger partial charge in [-0.15, -0.1) is 0 Å². The summed E-state index contributed by atoms with van der Waals surface area (Å²) in [5.74, 6) is 0.586. The molecular weight excluding hydrogens is 311 g/mol. The highest BCUT2D eigenvalue weighted by Crippen LogP contribution is 2.28. The minimum absolute atomic E-state index is 0.0190. The molecule has 1 aromatic heterocycles. The summed E-state index contributed by atoms with van der Waals surface area (Å²) < 4.78 is 19.2. The predicted molar refractivity (Wildman–Crippen MR) is 76.1 cm³/mol. The van der Waals surface area contributed by atoms with Gasteiger partial charge in [-0.25, -0.2) is 4.39 Å². The van der Waals surface area contributed by atoms with Crippen molar-refractivity contribution in [2.45, 2.75) is 12.6 Å². The summed E-state index contributed by atoms with van der Waals surface area (Å²) in [6.45, 7) is 1.12. The van der Waals surface area contributed by atoms with Crippen LogP contribution >= 0.6 is 15.9 Å². The van der Waals surface area contributed by atoms with Crippen LogP contribution in [0.25, 0.3) is 0 Å². The summed E-state index contributed by atoms with van der Waals surface area (Å²) in [5.41, 5.74) is 6.86. The fourth-order valence-electron chi connectivity index (χ4n) is 2.02. The number of halogens is 2. The molecule has 0 amide bonds. The molecule has 0 aliphatic rings. The average molecular weight is 327 g/mol. The fourth-order valence-corrected chi connectivity index (χ4v) is 2.48. The summed E-state index contributed by atoms with van der Waals surface area (Å²) in [6.07, 6.45) is 1.63. The number of rotatable bonds is 5. The van der Waals surface area contributed by atoms with Crippen molar-refractivity contribution < 1.29 is 8.81 Å². The average Bonchev–Trinajstić information content (AvgIpc) is 2.80. The summed E-state index contributed by atoms with van der Waals surface area (Å²) in [6, 6.07) is 8.30. The maximum absolute atomic E-state index is 12.9. The van der Waals surface area contributed by atoms with Gasteiger partial charge < -0.3 is 10.2 Å². The molecule has 1 atom stereocenters. The second kappa shape index (κ2) is 6.32. The summed E-state index contributed by atoms with van der Waals surface area (Å²) >= 11 is 3.45. The minimum Gasteiger partial charge on any atom is -0.466 e. The molecule has 19 heavy (non-hydrogen) atoms. The van der Waals surface area contributed by atoms with E-state index in [9.17, 15) is 4.39 Å². The highest BCUT2D eigenvalue weighted by Gasteiger charge is 2.21. The number of benzene rings is 1. The lowest BCUT2D eigenvalue weighted by Gasteiger charge is -2.25. The Bertz CT molecular complexity index is 526. The Hall–Kier alpha value is -1.17. The van der Waals surface area contributed by atoms with Crippen LogP contribution in [-0.2, 0) is 6.54 Å². The van der Waals surface area contributed by atoms with Crippen LogP contribution in [0.3, 0.4) is 0 Å². The van der Waals surface area contributed by atoms with Crippen molar-refractivity contribution in [3.63, 3.8) is 0 Å². The molecular formula is C14H16BrFN2O. The second-order valence-electron chi connectivity index (χ2n) is 4.43. The molecule has 0 saturated carbocycles. The fraction of sp³-hybridized carbons (Fsp3) is 0.286. The second-order valence-corrected chi connectivity index (χ2v) is 5.28. The molecule has 0 saturated heterocycles. The molecule has 102 valence electrons. The van der Waals surface area contributed by atoms with Gasteiger partial charge in [0.1, 0.15) is 11.6 Å². The molecule has 0 aliphatic heterocycles. The quantitative estimate of drug-likeness (QED) is 0.916. The third kappa shape index (κ3) is 3.43. The first-order valence-corrected chi connectivity index (χ1v) is 6.78. The largest absolute Gasteiger partial charge is 0.466 e. The first-order valence-electron chi connectivity index (χ1n) is 5.99. The molecule has 0 spiro atoms. The number of nitrogens with zero attached hydrogens (tertiary/aromatic N) is 1. The van der Waals surface area contributed by atoms with Crippen molar-refractivity contribution in [2.24, 2.45) is 5.73 Å². The molecule has 0 fully saturated rings. The highest BCUT2D eigenvalue weighted by atomic mass is 79.9. The van der Waals surface area contributed by atoms with Crippen molar-refractivity contribution in [1.82, 2.24) is 4.90 Å². The maximum Gasteiger partial charge on any atom is 0.136 e. The van der Waals surface area contributed by atoms with Gasteiger partial charge in [-0.05, 0) is 46.7 Å².